The lowest BCUT2D eigenvalue weighted by Gasteiger charge is -2.27. The third kappa shape index (κ3) is 3.70. The van der Waals surface area contributed by atoms with Crippen molar-refractivity contribution in [1.82, 2.24) is 19.1 Å². The Morgan fingerprint density at radius 2 is 2.17 bits per heavy atom. The first kappa shape index (κ1) is 15.9. The Labute approximate surface area is 135 Å². The van der Waals surface area contributed by atoms with E-state index in [0.29, 0.717) is 31.9 Å². The molecule has 0 saturated carbocycles. The first-order valence-corrected chi connectivity index (χ1v) is 9.31. The van der Waals surface area contributed by atoms with E-state index in [1.807, 2.05) is 29.8 Å². The van der Waals surface area contributed by atoms with Crippen LogP contribution in [-0.2, 0) is 23.1 Å². The Balaban J connectivity index is 1.76. The average Bonchev–Trinajstić information content (AvgIpc) is 2.86. The van der Waals surface area contributed by atoms with E-state index in [9.17, 15) is 8.42 Å². The second kappa shape index (κ2) is 6.29. The summed E-state index contributed by atoms with van der Waals surface area (Å²) in [6.45, 7) is 3.19. The van der Waals surface area contributed by atoms with Gasteiger partial charge in [-0.25, -0.2) is 8.42 Å². The smallest absolute Gasteiger partial charge is 0.211 e. The molecule has 0 N–H and O–H groups in total. The summed E-state index contributed by atoms with van der Waals surface area (Å²) in [5.74, 6) is 0.644. The topological polar surface area (TPSA) is 77.3 Å². The van der Waals surface area contributed by atoms with Crippen LogP contribution in [0.25, 0.3) is 0 Å². The van der Waals surface area contributed by atoms with Crippen LogP contribution in [0.1, 0.15) is 17.8 Å². The van der Waals surface area contributed by atoms with E-state index in [2.05, 4.69) is 10.1 Å². The van der Waals surface area contributed by atoms with Crippen molar-refractivity contribution >= 4 is 10.0 Å². The molecule has 23 heavy (non-hydrogen) atoms. The Bertz CT molecular complexity index is 770. The minimum absolute atomic E-state index is 0.229. The molecule has 0 unspecified atom stereocenters. The largest absolute Gasteiger partial charge is 0.490 e. The summed E-state index contributed by atoms with van der Waals surface area (Å²) < 4.78 is 33.4. The molecule has 3 rings (SSSR count). The maximum atomic E-state index is 12.2. The predicted octanol–water partition coefficient (Wildman–Crippen LogP) is 1.20. The summed E-state index contributed by atoms with van der Waals surface area (Å²) in [6, 6.07) is 5.33. The van der Waals surface area contributed by atoms with Crippen molar-refractivity contribution in [3.63, 3.8) is 0 Å². The van der Waals surface area contributed by atoms with Crippen LogP contribution in [0.2, 0.25) is 0 Å². The number of aryl methyl sites for hydroxylation is 2. The molecule has 0 bridgehead atoms. The van der Waals surface area contributed by atoms with Crippen molar-refractivity contribution in [2.45, 2.75) is 32.5 Å². The van der Waals surface area contributed by atoms with E-state index < -0.39 is 10.0 Å². The van der Waals surface area contributed by atoms with Crippen molar-refractivity contribution in [2.24, 2.45) is 0 Å². The predicted molar refractivity (Wildman–Crippen MR) is 85.5 cm³/mol. The highest BCUT2D eigenvalue weighted by atomic mass is 32.2. The fourth-order valence-corrected chi connectivity index (χ4v) is 3.76. The quantitative estimate of drug-likeness (QED) is 0.838. The Kier molecular flexibility index (Phi) is 4.36. The molecule has 2 aromatic rings. The molecule has 0 spiro atoms. The molecule has 1 aliphatic rings. The van der Waals surface area contributed by atoms with Gasteiger partial charge in [0.25, 0.3) is 0 Å². The van der Waals surface area contributed by atoms with Crippen LogP contribution in [0.3, 0.4) is 0 Å². The van der Waals surface area contributed by atoms with Gasteiger partial charge in [0.1, 0.15) is 12.4 Å². The monoisotopic (exact) mass is 336 g/mol. The SMILES string of the molecule is Cc1ccc(OC[C@@H]2CCn3nccc3CN2S(C)(=O)=O)cn1. The number of nitrogens with zero attached hydrogens (tertiary/aromatic N) is 4. The van der Waals surface area contributed by atoms with Crippen LogP contribution in [0, 0.1) is 6.92 Å². The highest BCUT2D eigenvalue weighted by Gasteiger charge is 2.31. The molecular formula is C15H20N4O3S. The zero-order chi connectivity index (χ0) is 16.4. The van der Waals surface area contributed by atoms with Crippen LogP contribution >= 0.6 is 0 Å². The fraction of sp³-hybridized carbons (Fsp3) is 0.467. The van der Waals surface area contributed by atoms with Crippen LogP contribution in [0.15, 0.2) is 30.6 Å². The third-order valence-corrected chi connectivity index (χ3v) is 5.24. The van der Waals surface area contributed by atoms with Crippen molar-refractivity contribution < 1.29 is 13.2 Å². The van der Waals surface area contributed by atoms with Crippen LogP contribution in [-0.4, -0.2) is 46.4 Å². The maximum absolute atomic E-state index is 12.2. The number of hydrogen-bond acceptors (Lipinski definition) is 5. The van der Waals surface area contributed by atoms with Gasteiger partial charge in [-0.2, -0.15) is 9.40 Å². The molecule has 0 aliphatic carbocycles. The molecule has 0 aromatic carbocycles. The molecule has 8 heteroatoms. The summed E-state index contributed by atoms with van der Waals surface area (Å²) in [5.41, 5.74) is 1.81. The van der Waals surface area contributed by atoms with E-state index in [1.165, 1.54) is 10.6 Å². The fourth-order valence-electron chi connectivity index (χ4n) is 2.69. The lowest BCUT2D eigenvalue weighted by atomic mass is 10.2. The molecule has 3 heterocycles. The van der Waals surface area contributed by atoms with E-state index in [-0.39, 0.29) is 6.04 Å². The van der Waals surface area contributed by atoms with Crippen LogP contribution < -0.4 is 4.74 Å². The lowest BCUT2D eigenvalue weighted by Crippen LogP contribution is -2.41. The van der Waals surface area contributed by atoms with Gasteiger partial charge in [-0.3, -0.25) is 9.67 Å². The summed E-state index contributed by atoms with van der Waals surface area (Å²) in [7, 11) is -3.33. The molecule has 1 atom stereocenters. The van der Waals surface area contributed by atoms with Gasteiger partial charge in [-0.1, -0.05) is 0 Å². The van der Waals surface area contributed by atoms with Crippen molar-refractivity contribution in [2.75, 3.05) is 12.9 Å². The van der Waals surface area contributed by atoms with Gasteiger partial charge in [0, 0.05) is 18.4 Å². The summed E-state index contributed by atoms with van der Waals surface area (Å²) in [6.07, 6.45) is 5.24. The van der Waals surface area contributed by atoms with E-state index >= 15 is 0 Å². The van der Waals surface area contributed by atoms with Gasteiger partial charge in [0.2, 0.25) is 10.0 Å². The molecule has 0 amide bonds. The van der Waals surface area contributed by atoms with Crippen molar-refractivity contribution in [1.29, 1.82) is 0 Å². The lowest BCUT2D eigenvalue weighted by molar-refractivity contribution is 0.195. The molecule has 1 aliphatic heterocycles. The average molecular weight is 336 g/mol. The van der Waals surface area contributed by atoms with Gasteiger partial charge < -0.3 is 4.74 Å². The van der Waals surface area contributed by atoms with Gasteiger partial charge >= 0.3 is 0 Å². The van der Waals surface area contributed by atoms with E-state index in [4.69, 9.17) is 4.74 Å². The second-order valence-electron chi connectivity index (χ2n) is 5.74. The van der Waals surface area contributed by atoms with E-state index in [0.717, 1.165) is 11.4 Å². The second-order valence-corrected chi connectivity index (χ2v) is 7.68. The Morgan fingerprint density at radius 1 is 1.35 bits per heavy atom. The minimum Gasteiger partial charge on any atom is -0.490 e. The minimum atomic E-state index is -3.33. The zero-order valence-corrected chi connectivity index (χ0v) is 14.0. The van der Waals surface area contributed by atoms with Gasteiger partial charge in [0.15, 0.2) is 0 Å². The normalized spacial score (nSPS) is 19.1. The molecule has 124 valence electrons. The summed E-state index contributed by atoms with van der Waals surface area (Å²) in [4.78, 5) is 4.18. The summed E-state index contributed by atoms with van der Waals surface area (Å²) >= 11 is 0. The maximum Gasteiger partial charge on any atom is 0.211 e. The number of rotatable bonds is 4. The first-order valence-electron chi connectivity index (χ1n) is 7.46. The number of pyridine rings is 1. The standard InChI is InChI=1S/C15H20N4O3S/c1-12-3-4-15(9-16-12)22-11-14-6-8-18-13(5-7-17-18)10-19(14)23(2,20)21/h3-5,7,9,14H,6,8,10-11H2,1-2H3/t14-/m0/s1. The van der Waals surface area contributed by atoms with Crippen molar-refractivity contribution in [3.8, 4) is 5.75 Å². The molecule has 0 radical (unpaired) electrons. The van der Waals surface area contributed by atoms with Crippen LogP contribution in [0.5, 0.6) is 5.75 Å². The Morgan fingerprint density at radius 3 is 2.87 bits per heavy atom. The zero-order valence-electron chi connectivity index (χ0n) is 13.2. The molecule has 7 nitrogen and oxygen atoms in total. The first-order chi connectivity index (χ1) is 10.9. The number of hydrogen-bond donors (Lipinski definition) is 0. The van der Waals surface area contributed by atoms with Crippen molar-refractivity contribution in [3.05, 3.63) is 42.0 Å². The highest BCUT2D eigenvalue weighted by molar-refractivity contribution is 7.88. The van der Waals surface area contributed by atoms with Gasteiger partial charge in [0.05, 0.1) is 30.7 Å². The van der Waals surface area contributed by atoms with E-state index in [1.54, 1.807) is 12.4 Å². The van der Waals surface area contributed by atoms with Gasteiger partial charge in [-0.05, 0) is 31.5 Å². The number of fused-ring (bicyclic) bond motifs is 1. The van der Waals surface area contributed by atoms with Crippen LogP contribution in [0.4, 0.5) is 0 Å². The number of sulfonamides is 1. The molecule has 0 fully saturated rings. The Hall–Kier alpha value is -1.93. The highest BCUT2D eigenvalue weighted by Crippen LogP contribution is 2.21. The van der Waals surface area contributed by atoms with Gasteiger partial charge in [-0.15, -0.1) is 0 Å². The molecule has 0 saturated heterocycles. The number of aromatic nitrogens is 3. The number of ether oxygens (including phenoxy) is 1. The molecular weight excluding hydrogens is 316 g/mol. The molecule has 2 aromatic heterocycles. The third-order valence-electron chi connectivity index (χ3n) is 3.96. The summed E-state index contributed by atoms with van der Waals surface area (Å²) in [5, 5.41) is 4.24.